The molecule has 0 aliphatic rings. The lowest BCUT2D eigenvalue weighted by Gasteiger charge is -2.26. The third-order valence-corrected chi connectivity index (χ3v) is 13.4. The maximum Gasteiger partial charge on any atom is 0.00137 e. The molecule has 6 aromatic rings. The molecule has 0 spiro atoms. The number of benzene rings is 6. The lowest BCUT2D eigenvalue weighted by atomic mass is 9.87. The van der Waals surface area contributed by atoms with E-state index in [2.05, 4.69) is 172 Å². The quantitative estimate of drug-likeness (QED) is 0.129. The van der Waals surface area contributed by atoms with E-state index in [1.54, 1.807) is 0 Å². The first-order valence-electron chi connectivity index (χ1n) is 15.7. The highest BCUT2D eigenvalue weighted by Gasteiger charge is 2.23. The molecular formula is C42H40P2. The minimum Gasteiger partial charge on any atom is -0.0622 e. The Kier molecular flexibility index (Phi) is 10.1. The van der Waals surface area contributed by atoms with E-state index in [1.807, 2.05) is 0 Å². The second-order valence-electron chi connectivity index (χ2n) is 11.1. The van der Waals surface area contributed by atoms with E-state index in [0.29, 0.717) is 0 Å². The van der Waals surface area contributed by atoms with Crippen LogP contribution < -0.4 is 21.2 Å². The fourth-order valence-electron chi connectivity index (χ4n) is 6.24. The van der Waals surface area contributed by atoms with Crippen LogP contribution in [-0.2, 0) is 25.2 Å². The molecule has 0 aliphatic carbocycles. The van der Waals surface area contributed by atoms with Gasteiger partial charge in [-0.3, -0.25) is 0 Å². The molecule has 218 valence electrons. The third kappa shape index (κ3) is 6.79. The van der Waals surface area contributed by atoms with E-state index in [9.17, 15) is 0 Å². The smallest absolute Gasteiger partial charge is 0.00137 e. The Morgan fingerprint density at radius 3 is 0.864 bits per heavy atom. The van der Waals surface area contributed by atoms with Crippen LogP contribution in [0.1, 0.15) is 36.1 Å². The summed E-state index contributed by atoms with van der Waals surface area (Å²) in [6.07, 6.45) is 4.08. The molecule has 0 aliphatic heterocycles. The SMILES string of the molecule is CCc1cccc(CP(c2ccccc2)c2ccccc2)c1-c1c(CC)cccc1CP(c1ccccc1)c1ccccc1. The first-order chi connectivity index (χ1) is 21.8. The average molecular weight is 607 g/mol. The van der Waals surface area contributed by atoms with E-state index in [1.165, 1.54) is 54.6 Å². The number of rotatable bonds is 11. The molecule has 0 bridgehead atoms. The average Bonchev–Trinajstić information content (AvgIpc) is 3.10. The Bertz CT molecular complexity index is 1550. The Morgan fingerprint density at radius 1 is 0.318 bits per heavy atom. The van der Waals surface area contributed by atoms with Gasteiger partial charge in [0.25, 0.3) is 0 Å². The van der Waals surface area contributed by atoms with Crippen LogP contribution in [0.5, 0.6) is 0 Å². The summed E-state index contributed by atoms with van der Waals surface area (Å²) < 4.78 is 0. The first-order valence-corrected chi connectivity index (χ1v) is 18.8. The van der Waals surface area contributed by atoms with Crippen molar-refractivity contribution in [3.63, 3.8) is 0 Å². The molecule has 44 heavy (non-hydrogen) atoms. The van der Waals surface area contributed by atoms with Crippen molar-refractivity contribution in [3.05, 3.63) is 180 Å². The van der Waals surface area contributed by atoms with Crippen LogP contribution >= 0.6 is 15.8 Å². The zero-order valence-electron chi connectivity index (χ0n) is 25.7. The minimum absolute atomic E-state index is 0.560. The largest absolute Gasteiger partial charge is 0.0622 e. The van der Waals surface area contributed by atoms with Gasteiger partial charge in [-0.2, -0.15) is 0 Å². The Balaban J connectivity index is 1.51. The summed E-state index contributed by atoms with van der Waals surface area (Å²) in [5.41, 5.74) is 8.77. The molecule has 2 heteroatoms. The van der Waals surface area contributed by atoms with Crippen LogP contribution in [0.15, 0.2) is 158 Å². The summed E-state index contributed by atoms with van der Waals surface area (Å²) in [5, 5.41) is 5.73. The lowest BCUT2D eigenvalue weighted by molar-refractivity contribution is 1.10. The van der Waals surface area contributed by atoms with Crippen molar-refractivity contribution in [2.45, 2.75) is 39.0 Å². The van der Waals surface area contributed by atoms with Gasteiger partial charge in [0.2, 0.25) is 0 Å². The van der Waals surface area contributed by atoms with Crippen molar-refractivity contribution < 1.29 is 0 Å². The van der Waals surface area contributed by atoms with Crippen molar-refractivity contribution in [2.75, 3.05) is 0 Å². The van der Waals surface area contributed by atoms with Crippen LogP contribution in [0.4, 0.5) is 0 Å². The van der Waals surface area contributed by atoms with Crippen molar-refractivity contribution in [1.82, 2.24) is 0 Å². The van der Waals surface area contributed by atoms with Gasteiger partial charge in [-0.05, 0) is 83.3 Å². The third-order valence-electron chi connectivity index (χ3n) is 8.41. The Labute approximate surface area is 266 Å². The lowest BCUT2D eigenvalue weighted by Crippen LogP contribution is -2.15. The molecule has 0 heterocycles. The molecule has 0 saturated heterocycles. The highest BCUT2D eigenvalue weighted by Crippen LogP contribution is 2.46. The topological polar surface area (TPSA) is 0 Å². The van der Waals surface area contributed by atoms with E-state index >= 15 is 0 Å². The van der Waals surface area contributed by atoms with Crippen molar-refractivity contribution in [3.8, 4) is 11.1 Å². The number of aryl methyl sites for hydroxylation is 2. The molecular weight excluding hydrogens is 566 g/mol. The highest BCUT2D eigenvalue weighted by atomic mass is 31.1. The standard InChI is InChI=1S/C42H40P2/c1-3-33-19-17-21-35(31-43(37-23-9-5-10-24-37)38-25-11-6-12-26-38)41(33)42-34(4-2)20-18-22-36(42)32-44(39-27-13-7-14-28-39)40-29-15-8-16-30-40/h5-30H,3-4,31-32H2,1-2H3. The van der Waals surface area contributed by atoms with E-state index in [0.717, 1.165) is 25.2 Å². The molecule has 0 aromatic heterocycles. The Morgan fingerprint density at radius 2 is 0.591 bits per heavy atom. The van der Waals surface area contributed by atoms with Gasteiger partial charge >= 0.3 is 0 Å². The molecule has 0 saturated carbocycles. The minimum atomic E-state index is -0.560. The molecule has 6 aromatic carbocycles. The van der Waals surface area contributed by atoms with Crippen molar-refractivity contribution in [2.24, 2.45) is 0 Å². The maximum atomic E-state index is 2.41. The highest BCUT2D eigenvalue weighted by molar-refractivity contribution is 7.72. The van der Waals surface area contributed by atoms with Gasteiger partial charge in [-0.25, -0.2) is 0 Å². The van der Waals surface area contributed by atoms with Gasteiger partial charge in [0.1, 0.15) is 0 Å². The van der Waals surface area contributed by atoms with Gasteiger partial charge in [0, 0.05) is 12.3 Å². The molecule has 0 unspecified atom stereocenters. The second kappa shape index (κ2) is 14.8. The fourth-order valence-corrected chi connectivity index (χ4v) is 10.9. The van der Waals surface area contributed by atoms with E-state index < -0.39 is 15.8 Å². The van der Waals surface area contributed by atoms with Crippen LogP contribution in [-0.4, -0.2) is 0 Å². The van der Waals surface area contributed by atoms with Crippen molar-refractivity contribution in [1.29, 1.82) is 0 Å². The molecule has 0 nitrogen and oxygen atoms in total. The zero-order valence-corrected chi connectivity index (χ0v) is 27.5. The number of hydrogen-bond donors (Lipinski definition) is 0. The monoisotopic (exact) mass is 606 g/mol. The van der Waals surface area contributed by atoms with Crippen molar-refractivity contribution >= 4 is 37.1 Å². The van der Waals surface area contributed by atoms with E-state index in [-0.39, 0.29) is 0 Å². The maximum absolute atomic E-state index is 2.41. The zero-order chi connectivity index (χ0) is 30.1. The van der Waals surface area contributed by atoms with Crippen LogP contribution in [0.3, 0.4) is 0 Å². The summed E-state index contributed by atoms with van der Waals surface area (Å²) in [4.78, 5) is 0. The predicted molar refractivity (Wildman–Crippen MR) is 196 cm³/mol. The van der Waals surface area contributed by atoms with Crippen LogP contribution in [0.2, 0.25) is 0 Å². The summed E-state index contributed by atoms with van der Waals surface area (Å²) in [7, 11) is -1.12. The predicted octanol–water partition coefficient (Wildman–Crippen LogP) is 9.74. The molecule has 0 N–H and O–H groups in total. The summed E-state index contributed by atoms with van der Waals surface area (Å²) in [6, 6.07) is 58.7. The molecule has 0 atom stereocenters. The van der Waals surface area contributed by atoms with Gasteiger partial charge in [-0.1, -0.05) is 172 Å². The Hall–Kier alpha value is -3.82. The number of hydrogen-bond acceptors (Lipinski definition) is 0. The molecule has 0 fully saturated rings. The first kappa shape index (κ1) is 30.2. The van der Waals surface area contributed by atoms with Crippen LogP contribution in [0.25, 0.3) is 11.1 Å². The second-order valence-corrected chi connectivity index (χ2v) is 15.5. The normalized spacial score (nSPS) is 11.3. The van der Waals surface area contributed by atoms with Gasteiger partial charge in [-0.15, -0.1) is 0 Å². The van der Waals surface area contributed by atoms with Gasteiger partial charge < -0.3 is 0 Å². The fraction of sp³-hybridized carbons (Fsp3) is 0.143. The molecule has 6 rings (SSSR count). The van der Waals surface area contributed by atoms with Gasteiger partial charge in [0.15, 0.2) is 0 Å². The van der Waals surface area contributed by atoms with Crippen LogP contribution in [0, 0.1) is 0 Å². The molecule has 0 amide bonds. The molecule has 0 radical (unpaired) electrons. The summed E-state index contributed by atoms with van der Waals surface area (Å²) in [6.45, 7) is 4.63. The van der Waals surface area contributed by atoms with E-state index in [4.69, 9.17) is 0 Å². The van der Waals surface area contributed by atoms with Gasteiger partial charge in [0.05, 0.1) is 0 Å². The summed E-state index contributed by atoms with van der Waals surface area (Å²) in [5.74, 6) is 0. The summed E-state index contributed by atoms with van der Waals surface area (Å²) >= 11 is 0.